The average molecular weight is 493 g/mol. The maximum absolute atomic E-state index is 5.34. The van der Waals surface area contributed by atoms with Crippen LogP contribution in [0.15, 0.2) is 9.52 Å². The number of aromatic nitrogens is 2. The summed E-state index contributed by atoms with van der Waals surface area (Å²) >= 11 is 0. The quantitative estimate of drug-likeness (QED) is 0.327. The van der Waals surface area contributed by atoms with Gasteiger partial charge in [-0.25, -0.2) is 4.99 Å². The van der Waals surface area contributed by atoms with Gasteiger partial charge in [0.25, 0.3) is 0 Å². The second-order valence-corrected chi connectivity index (χ2v) is 8.26. The van der Waals surface area contributed by atoms with E-state index in [9.17, 15) is 0 Å². The smallest absolute Gasteiger partial charge is 0.232 e. The van der Waals surface area contributed by atoms with Gasteiger partial charge in [-0.15, -0.1) is 24.0 Å². The van der Waals surface area contributed by atoms with Gasteiger partial charge in [-0.1, -0.05) is 38.8 Å². The molecule has 0 unspecified atom stereocenters. The van der Waals surface area contributed by atoms with Gasteiger partial charge in [-0.2, -0.15) is 4.98 Å². The monoisotopic (exact) mass is 493 g/mol. The Morgan fingerprint density at radius 1 is 1.26 bits per heavy atom. The van der Waals surface area contributed by atoms with Crippen molar-refractivity contribution in [3.63, 3.8) is 0 Å². The largest absolute Gasteiger partial charge is 0.385 e. The highest BCUT2D eigenvalue weighted by Crippen LogP contribution is 2.40. The van der Waals surface area contributed by atoms with Gasteiger partial charge >= 0.3 is 0 Å². The van der Waals surface area contributed by atoms with Gasteiger partial charge in [0.2, 0.25) is 5.89 Å². The summed E-state index contributed by atoms with van der Waals surface area (Å²) < 4.78 is 10.7. The summed E-state index contributed by atoms with van der Waals surface area (Å²) in [5.74, 6) is 2.06. The van der Waals surface area contributed by atoms with Gasteiger partial charge in [-0.05, 0) is 31.6 Å². The number of ether oxygens (including phenoxy) is 1. The summed E-state index contributed by atoms with van der Waals surface area (Å²) in [6.07, 6.45) is 6.20. The number of hydrogen-bond donors (Lipinski definition) is 2. The fourth-order valence-electron chi connectivity index (χ4n) is 3.34. The van der Waals surface area contributed by atoms with Gasteiger partial charge < -0.3 is 19.9 Å². The van der Waals surface area contributed by atoms with Crippen LogP contribution in [0.25, 0.3) is 0 Å². The Morgan fingerprint density at radius 3 is 2.52 bits per heavy atom. The Hall–Kier alpha value is -0.900. The number of methoxy groups -OCH3 is 1. The molecule has 2 rings (SSSR count). The van der Waals surface area contributed by atoms with Gasteiger partial charge in [0.1, 0.15) is 6.54 Å². The molecule has 0 spiro atoms. The first-order valence-electron chi connectivity index (χ1n) is 9.73. The molecule has 1 saturated carbocycles. The van der Waals surface area contributed by atoms with Crippen LogP contribution in [0.3, 0.4) is 0 Å². The molecule has 1 aromatic rings. The van der Waals surface area contributed by atoms with E-state index < -0.39 is 0 Å². The van der Waals surface area contributed by atoms with E-state index in [4.69, 9.17) is 9.26 Å². The molecule has 0 aromatic carbocycles. The minimum absolute atomic E-state index is 0. The van der Waals surface area contributed by atoms with Crippen molar-refractivity contribution >= 4 is 29.9 Å². The van der Waals surface area contributed by atoms with E-state index in [0.717, 1.165) is 32.1 Å². The van der Waals surface area contributed by atoms with Crippen molar-refractivity contribution < 1.29 is 9.26 Å². The molecule has 0 amide bonds. The number of aliphatic imine (C=N–C) groups is 1. The van der Waals surface area contributed by atoms with Crippen molar-refractivity contribution in [3.05, 3.63) is 11.7 Å². The molecule has 1 aromatic heterocycles. The third-order valence-corrected chi connectivity index (χ3v) is 4.96. The highest BCUT2D eigenvalue weighted by Gasteiger charge is 2.33. The number of nitrogens with one attached hydrogen (secondary N) is 2. The summed E-state index contributed by atoms with van der Waals surface area (Å²) in [6.45, 7) is 11.2. The lowest BCUT2D eigenvalue weighted by Crippen LogP contribution is -2.43. The van der Waals surface area contributed by atoms with Crippen LogP contribution in [0.4, 0.5) is 0 Å². The molecule has 156 valence electrons. The van der Waals surface area contributed by atoms with Crippen molar-refractivity contribution in [3.8, 4) is 0 Å². The van der Waals surface area contributed by atoms with Gasteiger partial charge in [0, 0.05) is 32.2 Å². The molecule has 1 aliphatic carbocycles. The van der Waals surface area contributed by atoms with Gasteiger partial charge in [0.15, 0.2) is 11.8 Å². The van der Waals surface area contributed by atoms with Gasteiger partial charge in [0.05, 0.1) is 0 Å². The zero-order valence-corrected chi connectivity index (χ0v) is 19.8. The standard InChI is InChI=1S/C19H35N5O2.HI/c1-6-20-17(21-13-15-23-16(26-24-15)18(2,3)4)22-14-19(11-12-25-5)9-7-8-10-19;/h6-14H2,1-5H3,(H2,20,21,22);1H. The maximum Gasteiger partial charge on any atom is 0.232 e. The molecule has 0 bridgehead atoms. The van der Waals surface area contributed by atoms with Crippen molar-refractivity contribution in [1.29, 1.82) is 0 Å². The molecule has 0 saturated heterocycles. The number of rotatable bonds is 8. The summed E-state index contributed by atoms with van der Waals surface area (Å²) in [4.78, 5) is 9.08. The van der Waals surface area contributed by atoms with E-state index in [0.29, 0.717) is 23.7 Å². The fraction of sp³-hybridized carbons (Fsp3) is 0.842. The molecule has 27 heavy (non-hydrogen) atoms. The number of nitrogens with zero attached hydrogens (tertiary/aromatic N) is 3. The SMILES string of the molecule is CCNC(=NCc1noc(C(C)(C)C)n1)NCC1(CCOC)CCCC1.I. The van der Waals surface area contributed by atoms with Crippen LogP contribution < -0.4 is 10.6 Å². The topological polar surface area (TPSA) is 84.6 Å². The van der Waals surface area contributed by atoms with Crippen LogP contribution in [0.2, 0.25) is 0 Å². The lowest BCUT2D eigenvalue weighted by Gasteiger charge is -2.29. The van der Waals surface area contributed by atoms with Crippen LogP contribution in [0, 0.1) is 5.41 Å². The highest BCUT2D eigenvalue weighted by atomic mass is 127. The maximum atomic E-state index is 5.34. The molecular formula is C19H36IN5O2. The van der Waals surface area contributed by atoms with Crippen LogP contribution in [-0.2, 0) is 16.7 Å². The Balaban J connectivity index is 0.00000364. The molecular weight excluding hydrogens is 457 g/mol. The van der Waals surface area contributed by atoms with Crippen LogP contribution in [-0.4, -0.2) is 42.9 Å². The third kappa shape index (κ3) is 7.56. The molecule has 1 fully saturated rings. The summed E-state index contributed by atoms with van der Waals surface area (Å²) in [5.41, 5.74) is 0.172. The van der Waals surface area contributed by atoms with Crippen LogP contribution in [0.1, 0.15) is 71.5 Å². The Bertz CT molecular complexity index is 577. The van der Waals surface area contributed by atoms with Crippen molar-refractivity contribution in [2.75, 3.05) is 26.8 Å². The first kappa shape index (κ1) is 24.1. The second kappa shape index (κ2) is 11.2. The number of guanidine groups is 1. The number of halogens is 1. The molecule has 0 aliphatic heterocycles. The van der Waals surface area contributed by atoms with Crippen LogP contribution in [0.5, 0.6) is 0 Å². The Labute approximate surface area is 180 Å². The normalized spacial score (nSPS) is 16.9. The summed E-state index contributed by atoms with van der Waals surface area (Å²) in [6, 6.07) is 0. The molecule has 0 atom stereocenters. The van der Waals surface area contributed by atoms with Crippen molar-refractivity contribution in [1.82, 2.24) is 20.8 Å². The average Bonchev–Trinajstić information content (AvgIpc) is 3.25. The minimum Gasteiger partial charge on any atom is -0.385 e. The first-order valence-corrected chi connectivity index (χ1v) is 9.73. The van der Waals surface area contributed by atoms with E-state index in [-0.39, 0.29) is 29.4 Å². The second-order valence-electron chi connectivity index (χ2n) is 8.26. The molecule has 1 heterocycles. The first-order chi connectivity index (χ1) is 12.4. The summed E-state index contributed by atoms with van der Waals surface area (Å²) in [7, 11) is 1.78. The molecule has 0 radical (unpaired) electrons. The van der Waals surface area contributed by atoms with E-state index in [1.165, 1.54) is 25.7 Å². The Kier molecular flexibility index (Phi) is 10.0. The lowest BCUT2D eigenvalue weighted by atomic mass is 9.83. The molecule has 1 aliphatic rings. The molecule has 2 N–H and O–H groups in total. The van der Waals surface area contributed by atoms with Gasteiger partial charge in [-0.3, -0.25) is 0 Å². The number of hydrogen-bond acceptors (Lipinski definition) is 5. The zero-order chi connectivity index (χ0) is 19.0. The van der Waals surface area contributed by atoms with E-state index >= 15 is 0 Å². The minimum atomic E-state index is -0.145. The lowest BCUT2D eigenvalue weighted by molar-refractivity contribution is 0.138. The predicted octanol–water partition coefficient (Wildman–Crippen LogP) is 3.64. The van der Waals surface area contributed by atoms with Crippen LogP contribution >= 0.6 is 24.0 Å². The van der Waals surface area contributed by atoms with Crippen molar-refractivity contribution in [2.45, 2.75) is 71.8 Å². The molecule has 7 nitrogen and oxygen atoms in total. The summed E-state index contributed by atoms with van der Waals surface area (Å²) in [5, 5.41) is 10.9. The van der Waals surface area contributed by atoms with Crippen molar-refractivity contribution in [2.24, 2.45) is 10.4 Å². The van der Waals surface area contributed by atoms with E-state index in [1.54, 1.807) is 7.11 Å². The highest BCUT2D eigenvalue weighted by molar-refractivity contribution is 14.0. The molecule has 8 heteroatoms. The van der Waals surface area contributed by atoms with E-state index in [2.05, 4.69) is 53.5 Å². The predicted molar refractivity (Wildman–Crippen MR) is 119 cm³/mol. The third-order valence-electron chi connectivity index (χ3n) is 4.96. The fourth-order valence-corrected chi connectivity index (χ4v) is 3.34. The Morgan fingerprint density at radius 2 is 1.96 bits per heavy atom. The van der Waals surface area contributed by atoms with E-state index in [1.807, 2.05) is 0 Å². The zero-order valence-electron chi connectivity index (χ0n) is 17.4.